The number of nitrogens with one attached hydrogen (secondary N) is 1. The Balaban J connectivity index is 2.56. The first-order valence-electron chi connectivity index (χ1n) is 7.56. The van der Waals surface area contributed by atoms with Crippen molar-refractivity contribution in [3.63, 3.8) is 0 Å². The average Bonchev–Trinajstić information content (AvgIpc) is 2.36. The van der Waals surface area contributed by atoms with Gasteiger partial charge in [-0.25, -0.2) is 4.79 Å². The summed E-state index contributed by atoms with van der Waals surface area (Å²) in [6.07, 6.45) is 4.44. The molecule has 0 bridgehead atoms. The SMILES string of the molecule is CC1CCCC(N(C)C(=O)NC(CC(=O)O)C(C)C)C1. The van der Waals surface area contributed by atoms with Crippen LogP contribution in [0.25, 0.3) is 0 Å². The number of carbonyl (C=O) groups is 2. The second-order valence-electron chi connectivity index (χ2n) is 6.43. The summed E-state index contributed by atoms with van der Waals surface area (Å²) >= 11 is 0. The Labute approximate surface area is 121 Å². The van der Waals surface area contributed by atoms with E-state index in [1.54, 1.807) is 4.90 Å². The molecule has 0 heterocycles. The molecule has 0 aromatic carbocycles. The van der Waals surface area contributed by atoms with Gasteiger partial charge in [-0.05, 0) is 24.7 Å². The van der Waals surface area contributed by atoms with Crippen molar-refractivity contribution < 1.29 is 14.7 Å². The van der Waals surface area contributed by atoms with Crippen LogP contribution in [0.1, 0.15) is 52.9 Å². The molecular formula is C15H28N2O3. The molecule has 0 aromatic heterocycles. The molecule has 1 fully saturated rings. The molecule has 0 saturated heterocycles. The van der Waals surface area contributed by atoms with Crippen molar-refractivity contribution in [2.45, 2.75) is 65.0 Å². The van der Waals surface area contributed by atoms with Gasteiger partial charge in [0.25, 0.3) is 0 Å². The molecule has 2 amide bonds. The molecular weight excluding hydrogens is 256 g/mol. The quantitative estimate of drug-likeness (QED) is 0.815. The Morgan fingerprint density at radius 2 is 2.00 bits per heavy atom. The first-order valence-corrected chi connectivity index (χ1v) is 7.56. The minimum Gasteiger partial charge on any atom is -0.481 e. The van der Waals surface area contributed by atoms with Crippen LogP contribution in [-0.4, -0.2) is 41.1 Å². The number of urea groups is 1. The number of nitrogens with zero attached hydrogens (tertiary/aromatic N) is 1. The Hall–Kier alpha value is -1.26. The summed E-state index contributed by atoms with van der Waals surface area (Å²) in [4.78, 5) is 24.9. The van der Waals surface area contributed by atoms with Gasteiger partial charge in [0, 0.05) is 19.1 Å². The van der Waals surface area contributed by atoms with E-state index in [9.17, 15) is 9.59 Å². The lowest BCUT2D eigenvalue weighted by molar-refractivity contribution is -0.137. The molecule has 1 rings (SSSR count). The van der Waals surface area contributed by atoms with Crippen LogP contribution < -0.4 is 5.32 Å². The molecule has 5 nitrogen and oxygen atoms in total. The molecule has 5 heteroatoms. The minimum absolute atomic E-state index is 0.0294. The van der Waals surface area contributed by atoms with Crippen LogP contribution in [0, 0.1) is 11.8 Å². The van der Waals surface area contributed by atoms with E-state index < -0.39 is 5.97 Å². The number of carbonyl (C=O) groups excluding carboxylic acids is 1. The first kappa shape index (κ1) is 16.8. The van der Waals surface area contributed by atoms with Crippen molar-refractivity contribution in [1.82, 2.24) is 10.2 Å². The fourth-order valence-corrected chi connectivity index (χ4v) is 2.82. The van der Waals surface area contributed by atoms with Crippen molar-refractivity contribution in [2.75, 3.05) is 7.05 Å². The topological polar surface area (TPSA) is 69.6 Å². The van der Waals surface area contributed by atoms with E-state index in [1.807, 2.05) is 20.9 Å². The predicted octanol–water partition coefficient (Wildman–Crippen LogP) is 2.71. The summed E-state index contributed by atoms with van der Waals surface area (Å²) in [6.45, 7) is 6.08. The Bertz CT molecular complexity index is 344. The van der Waals surface area contributed by atoms with E-state index in [1.165, 1.54) is 6.42 Å². The maximum atomic E-state index is 12.3. The lowest BCUT2D eigenvalue weighted by Gasteiger charge is -2.35. The number of rotatable bonds is 5. The minimum atomic E-state index is -0.877. The van der Waals surface area contributed by atoms with Crippen LogP contribution in [0.4, 0.5) is 4.79 Å². The highest BCUT2D eigenvalue weighted by molar-refractivity contribution is 5.76. The van der Waals surface area contributed by atoms with Gasteiger partial charge < -0.3 is 15.3 Å². The van der Waals surface area contributed by atoms with Gasteiger partial charge in [0.2, 0.25) is 0 Å². The van der Waals surface area contributed by atoms with Crippen LogP contribution in [0.5, 0.6) is 0 Å². The second-order valence-corrected chi connectivity index (χ2v) is 6.43. The Kier molecular flexibility index (Phi) is 6.30. The van der Waals surface area contributed by atoms with Crippen molar-refractivity contribution >= 4 is 12.0 Å². The summed E-state index contributed by atoms with van der Waals surface area (Å²) in [5, 5.41) is 11.8. The van der Waals surface area contributed by atoms with Gasteiger partial charge >= 0.3 is 12.0 Å². The molecule has 1 aliphatic rings. The first-order chi connectivity index (χ1) is 9.31. The summed E-state index contributed by atoms with van der Waals surface area (Å²) in [7, 11) is 1.82. The fourth-order valence-electron chi connectivity index (χ4n) is 2.82. The molecule has 0 spiro atoms. The molecule has 0 aliphatic heterocycles. The number of aliphatic carboxylic acids is 1. The predicted molar refractivity (Wildman–Crippen MR) is 78.6 cm³/mol. The van der Waals surface area contributed by atoms with Crippen molar-refractivity contribution in [2.24, 2.45) is 11.8 Å². The summed E-state index contributed by atoms with van der Waals surface area (Å²) in [5.41, 5.74) is 0. The highest BCUT2D eigenvalue weighted by Gasteiger charge is 2.27. The van der Waals surface area contributed by atoms with E-state index in [2.05, 4.69) is 12.2 Å². The van der Waals surface area contributed by atoms with Crippen LogP contribution in [0.2, 0.25) is 0 Å². The summed E-state index contributed by atoms with van der Waals surface area (Å²) < 4.78 is 0. The lowest BCUT2D eigenvalue weighted by atomic mass is 9.86. The van der Waals surface area contributed by atoms with Crippen molar-refractivity contribution in [3.8, 4) is 0 Å². The van der Waals surface area contributed by atoms with Gasteiger partial charge in [-0.15, -0.1) is 0 Å². The van der Waals surface area contributed by atoms with E-state index in [0.29, 0.717) is 5.92 Å². The number of carboxylic acids is 1. The molecule has 0 aromatic rings. The van der Waals surface area contributed by atoms with Crippen LogP contribution in [0.3, 0.4) is 0 Å². The number of hydrogen-bond acceptors (Lipinski definition) is 2. The van der Waals surface area contributed by atoms with Gasteiger partial charge in [0.05, 0.1) is 6.42 Å². The lowest BCUT2D eigenvalue weighted by Crippen LogP contribution is -2.50. The molecule has 3 atom stereocenters. The van der Waals surface area contributed by atoms with E-state index >= 15 is 0 Å². The normalized spacial score (nSPS) is 24.2. The fraction of sp³-hybridized carbons (Fsp3) is 0.867. The van der Waals surface area contributed by atoms with E-state index in [-0.39, 0.29) is 30.5 Å². The smallest absolute Gasteiger partial charge is 0.317 e. The molecule has 2 N–H and O–H groups in total. The summed E-state index contributed by atoms with van der Waals surface area (Å²) in [5.74, 6) is -0.115. The third-order valence-electron chi connectivity index (χ3n) is 4.28. The maximum absolute atomic E-state index is 12.3. The van der Waals surface area contributed by atoms with Gasteiger partial charge in [-0.1, -0.05) is 33.6 Å². The standard InChI is InChI=1S/C15H28N2O3/c1-10(2)13(9-14(18)19)16-15(20)17(4)12-7-5-6-11(3)8-12/h10-13H,5-9H2,1-4H3,(H,16,20)(H,18,19). The molecule has 1 aliphatic carbocycles. The Morgan fingerprint density at radius 1 is 1.35 bits per heavy atom. The largest absolute Gasteiger partial charge is 0.481 e. The van der Waals surface area contributed by atoms with Gasteiger partial charge in [-0.2, -0.15) is 0 Å². The van der Waals surface area contributed by atoms with Gasteiger partial charge in [-0.3, -0.25) is 4.79 Å². The van der Waals surface area contributed by atoms with Crippen LogP contribution in [0.15, 0.2) is 0 Å². The zero-order valence-corrected chi connectivity index (χ0v) is 13.1. The van der Waals surface area contributed by atoms with Crippen molar-refractivity contribution in [3.05, 3.63) is 0 Å². The van der Waals surface area contributed by atoms with Crippen molar-refractivity contribution in [1.29, 1.82) is 0 Å². The second kappa shape index (κ2) is 7.50. The maximum Gasteiger partial charge on any atom is 0.317 e. The van der Waals surface area contributed by atoms with Gasteiger partial charge in [0.1, 0.15) is 0 Å². The molecule has 0 radical (unpaired) electrons. The molecule has 116 valence electrons. The number of carboxylic acid groups (broad SMARTS) is 1. The average molecular weight is 284 g/mol. The highest BCUT2D eigenvalue weighted by atomic mass is 16.4. The van der Waals surface area contributed by atoms with Gasteiger partial charge in [0.15, 0.2) is 0 Å². The zero-order chi connectivity index (χ0) is 15.3. The van der Waals surface area contributed by atoms with Crippen LogP contribution >= 0.6 is 0 Å². The van der Waals surface area contributed by atoms with E-state index in [4.69, 9.17) is 5.11 Å². The monoisotopic (exact) mass is 284 g/mol. The summed E-state index contributed by atoms with van der Waals surface area (Å²) in [6, 6.07) is -0.191. The Morgan fingerprint density at radius 3 is 2.50 bits per heavy atom. The molecule has 1 saturated carbocycles. The third-order valence-corrected chi connectivity index (χ3v) is 4.28. The highest BCUT2D eigenvalue weighted by Crippen LogP contribution is 2.26. The molecule has 3 unspecified atom stereocenters. The third kappa shape index (κ3) is 5.02. The van der Waals surface area contributed by atoms with E-state index in [0.717, 1.165) is 19.3 Å². The zero-order valence-electron chi connectivity index (χ0n) is 13.1. The molecule has 20 heavy (non-hydrogen) atoms. The van der Waals surface area contributed by atoms with Crippen LogP contribution in [-0.2, 0) is 4.79 Å². The number of hydrogen-bond donors (Lipinski definition) is 2. The number of amides is 2.